The van der Waals surface area contributed by atoms with Crippen molar-refractivity contribution < 1.29 is 14.7 Å². The maximum atomic E-state index is 11.7. The number of carboxylic acid groups (broad SMARTS) is 1. The van der Waals surface area contributed by atoms with Crippen LogP contribution in [0.5, 0.6) is 0 Å². The Morgan fingerprint density at radius 1 is 1.30 bits per heavy atom. The summed E-state index contributed by atoms with van der Waals surface area (Å²) >= 11 is 0. The zero-order valence-electron chi connectivity index (χ0n) is 10.5. The minimum atomic E-state index is -1.12. The number of aromatic amines is 1. The average molecular weight is 274 g/mol. The van der Waals surface area contributed by atoms with Gasteiger partial charge in [-0.2, -0.15) is 0 Å². The van der Waals surface area contributed by atoms with Crippen molar-refractivity contribution in [2.75, 3.05) is 0 Å². The zero-order chi connectivity index (χ0) is 14.4. The van der Waals surface area contributed by atoms with E-state index in [-0.39, 0.29) is 6.54 Å². The van der Waals surface area contributed by atoms with Crippen LogP contribution < -0.4 is 10.6 Å². The molecule has 20 heavy (non-hydrogen) atoms. The predicted molar refractivity (Wildman–Crippen MR) is 70.8 cm³/mol. The third kappa shape index (κ3) is 3.58. The van der Waals surface area contributed by atoms with Crippen LogP contribution in [0.4, 0.5) is 4.79 Å². The van der Waals surface area contributed by atoms with Crippen LogP contribution in [0, 0.1) is 0 Å². The van der Waals surface area contributed by atoms with E-state index in [1.165, 1.54) is 0 Å². The lowest BCUT2D eigenvalue weighted by Gasteiger charge is -2.15. The molecule has 104 valence electrons. The van der Waals surface area contributed by atoms with Crippen LogP contribution in [0.1, 0.15) is 17.4 Å². The highest BCUT2D eigenvalue weighted by atomic mass is 16.4. The number of benzene rings is 1. The zero-order valence-corrected chi connectivity index (χ0v) is 10.5. The van der Waals surface area contributed by atoms with Crippen LogP contribution in [-0.2, 0) is 11.3 Å². The molecule has 2 amide bonds. The van der Waals surface area contributed by atoms with E-state index in [4.69, 9.17) is 5.11 Å². The van der Waals surface area contributed by atoms with Gasteiger partial charge in [0.25, 0.3) is 0 Å². The average Bonchev–Trinajstić information content (AvgIpc) is 2.96. The Bertz CT molecular complexity index is 569. The minimum Gasteiger partial charge on any atom is -0.479 e. The molecule has 1 aromatic heterocycles. The molecule has 0 unspecified atom stereocenters. The van der Waals surface area contributed by atoms with E-state index in [2.05, 4.69) is 20.6 Å². The summed E-state index contributed by atoms with van der Waals surface area (Å²) in [6, 6.07) is 6.84. The fourth-order valence-electron chi connectivity index (χ4n) is 1.67. The third-order valence-corrected chi connectivity index (χ3v) is 2.63. The van der Waals surface area contributed by atoms with Crippen molar-refractivity contribution in [3.05, 3.63) is 54.1 Å². The molecular weight excluding hydrogens is 260 g/mol. The first-order chi connectivity index (χ1) is 9.66. The van der Waals surface area contributed by atoms with Gasteiger partial charge in [-0.05, 0) is 5.56 Å². The summed E-state index contributed by atoms with van der Waals surface area (Å²) in [5.74, 6) is -0.531. The fraction of sp³-hybridized carbons (Fsp3) is 0.154. The monoisotopic (exact) mass is 274 g/mol. The molecule has 0 saturated heterocycles. The topological polar surface area (TPSA) is 107 Å². The van der Waals surface area contributed by atoms with E-state index in [1.807, 2.05) is 0 Å². The Kier molecular flexibility index (Phi) is 4.33. The molecular formula is C13H14N4O3. The normalized spacial score (nSPS) is 11.6. The molecule has 2 aromatic rings. The number of carboxylic acids is 1. The molecule has 7 heteroatoms. The van der Waals surface area contributed by atoms with Crippen molar-refractivity contribution >= 4 is 12.0 Å². The number of rotatable bonds is 5. The van der Waals surface area contributed by atoms with Gasteiger partial charge in [0.15, 0.2) is 6.04 Å². The second-order valence-electron chi connectivity index (χ2n) is 4.04. The lowest BCUT2D eigenvalue weighted by atomic mass is 10.1. The molecule has 0 aliphatic carbocycles. The van der Waals surface area contributed by atoms with Gasteiger partial charge < -0.3 is 20.7 Å². The van der Waals surface area contributed by atoms with E-state index in [1.54, 1.807) is 42.7 Å². The number of hydrogen-bond donors (Lipinski definition) is 4. The Morgan fingerprint density at radius 3 is 2.65 bits per heavy atom. The number of aliphatic carboxylic acids is 1. The molecule has 0 saturated carbocycles. The molecule has 1 atom stereocenters. The van der Waals surface area contributed by atoms with Crippen molar-refractivity contribution in [2.45, 2.75) is 12.6 Å². The van der Waals surface area contributed by atoms with Crippen LogP contribution >= 0.6 is 0 Å². The molecule has 0 spiro atoms. The number of imidazole rings is 1. The van der Waals surface area contributed by atoms with Crippen molar-refractivity contribution in [3.63, 3.8) is 0 Å². The van der Waals surface area contributed by atoms with Crippen LogP contribution in [0.15, 0.2) is 42.7 Å². The first kappa shape index (κ1) is 13.6. The van der Waals surface area contributed by atoms with E-state index in [9.17, 15) is 9.59 Å². The molecule has 0 aliphatic rings. The quantitative estimate of drug-likeness (QED) is 0.653. The van der Waals surface area contributed by atoms with E-state index in [0.717, 1.165) is 0 Å². The largest absolute Gasteiger partial charge is 0.479 e. The highest BCUT2D eigenvalue weighted by Crippen LogP contribution is 2.12. The van der Waals surface area contributed by atoms with Crippen LogP contribution in [0.25, 0.3) is 0 Å². The summed E-state index contributed by atoms with van der Waals surface area (Å²) in [6.07, 6.45) is 3.21. The lowest BCUT2D eigenvalue weighted by molar-refractivity contribution is -0.139. The van der Waals surface area contributed by atoms with Crippen LogP contribution in [-0.4, -0.2) is 27.1 Å². The number of nitrogens with one attached hydrogen (secondary N) is 3. The summed E-state index contributed by atoms with van der Waals surface area (Å²) in [5, 5.41) is 14.1. The highest BCUT2D eigenvalue weighted by molar-refractivity contribution is 5.83. The van der Waals surface area contributed by atoms with Gasteiger partial charge >= 0.3 is 12.0 Å². The second kappa shape index (κ2) is 6.37. The van der Waals surface area contributed by atoms with Gasteiger partial charge in [-0.1, -0.05) is 30.3 Å². The Morgan fingerprint density at radius 2 is 2.05 bits per heavy atom. The van der Waals surface area contributed by atoms with Gasteiger partial charge in [0.05, 0.1) is 6.54 Å². The molecule has 0 fully saturated rings. The van der Waals surface area contributed by atoms with Crippen molar-refractivity contribution in [1.29, 1.82) is 0 Å². The van der Waals surface area contributed by atoms with E-state index < -0.39 is 18.0 Å². The Labute approximate surface area is 115 Å². The lowest BCUT2D eigenvalue weighted by Crippen LogP contribution is -2.40. The maximum absolute atomic E-state index is 11.7. The smallest absolute Gasteiger partial charge is 0.330 e. The Hall–Kier alpha value is -2.83. The maximum Gasteiger partial charge on any atom is 0.330 e. The van der Waals surface area contributed by atoms with Crippen LogP contribution in [0.2, 0.25) is 0 Å². The SMILES string of the molecule is O=C(NCc1ncc[nH]1)N[C@@H](C(=O)O)c1ccccc1. The summed E-state index contributed by atoms with van der Waals surface area (Å²) in [6.45, 7) is 0.194. The molecule has 4 N–H and O–H groups in total. The first-order valence-corrected chi connectivity index (χ1v) is 5.97. The van der Waals surface area contributed by atoms with Crippen molar-refractivity contribution in [1.82, 2.24) is 20.6 Å². The van der Waals surface area contributed by atoms with Gasteiger partial charge in [0, 0.05) is 12.4 Å². The number of carbonyl (C=O) groups is 2. The summed E-state index contributed by atoms with van der Waals surface area (Å²) in [7, 11) is 0. The summed E-state index contributed by atoms with van der Waals surface area (Å²) < 4.78 is 0. The predicted octanol–water partition coefficient (Wildman–Crippen LogP) is 1.03. The second-order valence-corrected chi connectivity index (χ2v) is 4.04. The third-order valence-electron chi connectivity index (χ3n) is 2.63. The van der Waals surface area contributed by atoms with Gasteiger partial charge in [0.2, 0.25) is 0 Å². The summed E-state index contributed by atoms with van der Waals surface area (Å²) in [5.41, 5.74) is 0.508. The van der Waals surface area contributed by atoms with Gasteiger partial charge in [-0.25, -0.2) is 14.6 Å². The molecule has 1 heterocycles. The van der Waals surface area contributed by atoms with Crippen molar-refractivity contribution in [2.24, 2.45) is 0 Å². The van der Waals surface area contributed by atoms with Gasteiger partial charge in [0.1, 0.15) is 5.82 Å². The number of H-pyrrole nitrogens is 1. The summed E-state index contributed by atoms with van der Waals surface area (Å²) in [4.78, 5) is 29.7. The number of amides is 2. The number of carbonyl (C=O) groups excluding carboxylic acids is 1. The van der Waals surface area contributed by atoms with Crippen molar-refractivity contribution in [3.8, 4) is 0 Å². The molecule has 0 bridgehead atoms. The van der Waals surface area contributed by atoms with E-state index in [0.29, 0.717) is 11.4 Å². The van der Waals surface area contributed by atoms with Gasteiger partial charge in [-0.3, -0.25) is 0 Å². The molecule has 2 rings (SSSR count). The number of nitrogens with zero attached hydrogens (tertiary/aromatic N) is 1. The molecule has 7 nitrogen and oxygen atoms in total. The molecule has 1 aromatic carbocycles. The number of hydrogen-bond acceptors (Lipinski definition) is 3. The van der Waals surface area contributed by atoms with Crippen LogP contribution in [0.3, 0.4) is 0 Å². The molecule has 0 radical (unpaired) electrons. The minimum absolute atomic E-state index is 0.194. The fourth-order valence-corrected chi connectivity index (χ4v) is 1.67. The van der Waals surface area contributed by atoms with Gasteiger partial charge in [-0.15, -0.1) is 0 Å². The highest BCUT2D eigenvalue weighted by Gasteiger charge is 2.21. The number of urea groups is 1. The standard InChI is InChI=1S/C13H14N4O3/c18-12(19)11(9-4-2-1-3-5-9)17-13(20)16-8-10-14-6-7-15-10/h1-7,11H,8H2,(H,14,15)(H,18,19)(H2,16,17,20)/t11-/m1/s1. The molecule has 0 aliphatic heterocycles. The number of aromatic nitrogens is 2. The first-order valence-electron chi connectivity index (χ1n) is 5.97. The van der Waals surface area contributed by atoms with E-state index >= 15 is 0 Å². The Balaban J connectivity index is 1.95.